The third-order valence-corrected chi connectivity index (χ3v) is 9.35. The lowest BCUT2D eigenvalue weighted by Gasteiger charge is -2.59. The number of aliphatic hydroxyl groups excluding tert-OH is 1. The lowest BCUT2D eigenvalue weighted by Crippen LogP contribution is -2.63. The molecule has 0 bridgehead atoms. The number of carbonyl (C=O) groups excluding carboxylic acids is 4. The van der Waals surface area contributed by atoms with Crippen LogP contribution in [0.1, 0.15) is 59.8 Å². The van der Waals surface area contributed by atoms with Gasteiger partial charge in [-0.15, -0.1) is 0 Å². The molecule has 9 heteroatoms. The zero-order chi connectivity index (χ0) is 27.2. The molecule has 4 aliphatic rings. The highest BCUT2D eigenvalue weighted by molar-refractivity contribution is 6.01. The van der Waals surface area contributed by atoms with Crippen molar-refractivity contribution >= 4 is 23.9 Å². The third-order valence-electron chi connectivity index (χ3n) is 9.35. The van der Waals surface area contributed by atoms with Crippen molar-refractivity contribution in [3.63, 3.8) is 0 Å². The van der Waals surface area contributed by atoms with E-state index < -0.39 is 47.2 Å². The molecule has 1 unspecified atom stereocenters. The average Bonchev–Trinajstić information content (AvgIpc) is 3.13. The minimum Gasteiger partial charge on any atom is -0.438 e. The summed E-state index contributed by atoms with van der Waals surface area (Å²) >= 11 is 0. The molecule has 3 fully saturated rings. The van der Waals surface area contributed by atoms with Gasteiger partial charge in [0.1, 0.15) is 0 Å². The van der Waals surface area contributed by atoms with Gasteiger partial charge in [0.25, 0.3) is 0 Å². The van der Waals surface area contributed by atoms with E-state index in [2.05, 4.69) is 6.92 Å². The molecular formula is C28H38O9. The van der Waals surface area contributed by atoms with E-state index in [0.717, 1.165) is 18.4 Å². The number of hydrogen-bond donors (Lipinski definition) is 1. The van der Waals surface area contributed by atoms with Gasteiger partial charge in [-0.25, -0.2) is 9.59 Å². The van der Waals surface area contributed by atoms with Crippen LogP contribution in [0.25, 0.3) is 0 Å². The summed E-state index contributed by atoms with van der Waals surface area (Å²) in [6.07, 6.45) is 4.94. The van der Waals surface area contributed by atoms with Gasteiger partial charge in [0.2, 0.25) is 5.78 Å². The normalized spacial score (nSPS) is 38.1. The predicted molar refractivity (Wildman–Crippen MR) is 131 cm³/mol. The van der Waals surface area contributed by atoms with Crippen molar-refractivity contribution in [1.82, 2.24) is 0 Å². The first kappa shape index (κ1) is 27.4. The predicted octanol–water partition coefficient (Wildman–Crippen LogP) is 4.17. The Bertz CT molecular complexity index is 1030. The second-order valence-corrected chi connectivity index (χ2v) is 11.8. The number of ether oxygens (including phenoxy) is 4. The van der Waals surface area contributed by atoms with E-state index in [1.54, 1.807) is 12.2 Å². The molecule has 0 heterocycles. The molecule has 0 radical (unpaired) electrons. The summed E-state index contributed by atoms with van der Waals surface area (Å²) in [6.45, 7) is 7.25. The summed E-state index contributed by atoms with van der Waals surface area (Å²) in [5, 5.41) is 11.6. The number of rotatable bonds is 6. The first-order valence-electron chi connectivity index (χ1n) is 13.1. The van der Waals surface area contributed by atoms with Crippen LogP contribution in [0, 0.1) is 34.5 Å². The van der Waals surface area contributed by atoms with Gasteiger partial charge >= 0.3 is 12.3 Å². The van der Waals surface area contributed by atoms with Gasteiger partial charge in [0, 0.05) is 16.7 Å². The third kappa shape index (κ3) is 4.49. The molecule has 0 aromatic rings. The van der Waals surface area contributed by atoms with Gasteiger partial charge in [0.05, 0.1) is 19.8 Å². The zero-order valence-electron chi connectivity index (χ0n) is 22.3. The number of fused-ring (bicyclic) bond motifs is 5. The SMILES string of the molecule is COC(=O)O[C@]1(C(=O)COC(=O)OCC(C)C)CC[C@H]2[C@@H]3CCC4=CC(=O)C=C[C@]4(C)[C@H]3C(O)C[C@@]21C. The van der Waals surface area contributed by atoms with Crippen molar-refractivity contribution in [3.05, 3.63) is 23.8 Å². The molecule has 0 aliphatic heterocycles. The maximum atomic E-state index is 13.7. The van der Waals surface area contributed by atoms with Crippen LogP contribution in [-0.4, -0.2) is 61.0 Å². The van der Waals surface area contributed by atoms with E-state index in [9.17, 15) is 24.3 Å². The summed E-state index contributed by atoms with van der Waals surface area (Å²) in [6, 6.07) is 0. The highest BCUT2D eigenvalue weighted by atomic mass is 16.7. The Morgan fingerprint density at radius 3 is 2.54 bits per heavy atom. The average molecular weight is 519 g/mol. The van der Waals surface area contributed by atoms with Crippen LogP contribution in [0.3, 0.4) is 0 Å². The van der Waals surface area contributed by atoms with Crippen molar-refractivity contribution < 1.29 is 43.2 Å². The summed E-state index contributed by atoms with van der Waals surface area (Å²) in [4.78, 5) is 50.2. The molecule has 0 saturated heterocycles. The maximum absolute atomic E-state index is 13.7. The van der Waals surface area contributed by atoms with Crippen LogP contribution in [0.15, 0.2) is 23.8 Å². The fourth-order valence-electron chi connectivity index (χ4n) is 7.70. The van der Waals surface area contributed by atoms with Crippen molar-refractivity contribution in [2.45, 2.75) is 71.5 Å². The second kappa shape index (κ2) is 9.89. The van der Waals surface area contributed by atoms with Crippen LogP contribution >= 0.6 is 0 Å². The van der Waals surface area contributed by atoms with Crippen LogP contribution in [-0.2, 0) is 28.5 Å². The summed E-state index contributed by atoms with van der Waals surface area (Å²) in [5.41, 5.74) is -1.96. The van der Waals surface area contributed by atoms with E-state index in [-0.39, 0.29) is 48.9 Å². The molecular weight excluding hydrogens is 480 g/mol. The standard InChI is InChI=1S/C28H38O9/c1-16(2)14-35-25(33)36-15-22(31)28(37-24(32)34-5)11-9-20-19-7-6-17-12-18(29)8-10-26(17,3)23(19)21(30)13-27(20,28)4/h8,10,12,16,19-21,23,30H,6-7,9,11,13-15H2,1-5H3/t19-,20-,21?,23+,26-,27-,28-/m0/s1. The van der Waals surface area contributed by atoms with Gasteiger partial charge in [-0.3, -0.25) is 9.59 Å². The molecule has 0 aromatic carbocycles. The second-order valence-electron chi connectivity index (χ2n) is 11.8. The number of aliphatic hydroxyl groups is 1. The summed E-state index contributed by atoms with van der Waals surface area (Å²) in [7, 11) is 1.17. The number of ketones is 2. The topological polar surface area (TPSA) is 125 Å². The number of allylic oxidation sites excluding steroid dienone is 4. The Kier molecular flexibility index (Phi) is 7.31. The summed E-state index contributed by atoms with van der Waals surface area (Å²) < 4.78 is 20.7. The molecule has 4 rings (SSSR count). The van der Waals surface area contributed by atoms with Gasteiger partial charge in [-0.1, -0.05) is 39.3 Å². The molecule has 0 aromatic heterocycles. The number of hydrogen-bond acceptors (Lipinski definition) is 9. The highest BCUT2D eigenvalue weighted by Crippen LogP contribution is 2.67. The molecule has 4 aliphatic carbocycles. The van der Waals surface area contributed by atoms with Crippen molar-refractivity contribution in [2.24, 2.45) is 34.5 Å². The monoisotopic (exact) mass is 518 g/mol. The van der Waals surface area contributed by atoms with Crippen LogP contribution in [0.5, 0.6) is 0 Å². The first-order chi connectivity index (χ1) is 17.4. The molecule has 0 amide bonds. The molecule has 37 heavy (non-hydrogen) atoms. The molecule has 7 atom stereocenters. The minimum absolute atomic E-state index is 0.0354. The molecule has 3 saturated carbocycles. The first-order valence-corrected chi connectivity index (χ1v) is 13.1. The Hall–Kier alpha value is -2.68. The summed E-state index contributed by atoms with van der Waals surface area (Å²) in [5.74, 6) is -0.617. The Labute approximate surface area is 217 Å². The molecule has 1 N–H and O–H groups in total. The Morgan fingerprint density at radius 2 is 1.86 bits per heavy atom. The smallest absolute Gasteiger partial charge is 0.438 e. The van der Waals surface area contributed by atoms with Crippen molar-refractivity contribution in [1.29, 1.82) is 0 Å². The van der Waals surface area contributed by atoms with E-state index in [0.29, 0.717) is 6.42 Å². The van der Waals surface area contributed by atoms with Gasteiger partial charge in [-0.2, -0.15) is 0 Å². The quantitative estimate of drug-likeness (QED) is 0.516. The maximum Gasteiger partial charge on any atom is 0.509 e. The van der Waals surface area contributed by atoms with E-state index in [1.807, 2.05) is 26.8 Å². The lowest BCUT2D eigenvalue weighted by molar-refractivity contribution is -0.183. The van der Waals surface area contributed by atoms with Gasteiger partial charge in [-0.05, 0) is 62.0 Å². The number of methoxy groups -OCH3 is 1. The highest BCUT2D eigenvalue weighted by Gasteiger charge is 2.70. The van der Waals surface area contributed by atoms with Gasteiger partial charge in [0.15, 0.2) is 18.0 Å². The fraction of sp³-hybridized carbons (Fsp3) is 0.714. The molecule has 0 spiro atoms. The minimum atomic E-state index is -1.62. The largest absolute Gasteiger partial charge is 0.509 e. The van der Waals surface area contributed by atoms with Crippen molar-refractivity contribution in [3.8, 4) is 0 Å². The van der Waals surface area contributed by atoms with E-state index >= 15 is 0 Å². The van der Waals surface area contributed by atoms with Crippen LogP contribution < -0.4 is 0 Å². The van der Waals surface area contributed by atoms with Crippen LogP contribution in [0.4, 0.5) is 9.59 Å². The number of carbonyl (C=O) groups is 4. The molecule has 204 valence electrons. The fourth-order valence-corrected chi connectivity index (χ4v) is 7.70. The lowest BCUT2D eigenvalue weighted by atomic mass is 9.46. The van der Waals surface area contributed by atoms with Gasteiger partial charge < -0.3 is 24.1 Å². The Balaban J connectivity index is 1.63. The van der Waals surface area contributed by atoms with Crippen LogP contribution in [0.2, 0.25) is 0 Å². The molecule has 9 nitrogen and oxygen atoms in total. The van der Waals surface area contributed by atoms with E-state index in [4.69, 9.17) is 18.9 Å². The number of Topliss-reactive ketones (excluding diaryl/α,β-unsaturated/α-hetero) is 1. The van der Waals surface area contributed by atoms with E-state index in [1.165, 1.54) is 7.11 Å². The van der Waals surface area contributed by atoms with Crippen molar-refractivity contribution in [2.75, 3.05) is 20.3 Å². The zero-order valence-corrected chi connectivity index (χ0v) is 22.3. The Morgan fingerprint density at radius 1 is 1.14 bits per heavy atom.